The molecule has 1 aromatic rings. The van der Waals surface area contributed by atoms with Crippen LogP contribution in [0.2, 0.25) is 0 Å². The average molecular weight is 449 g/mol. The normalized spacial score (nSPS) is 22.1. The van der Waals surface area contributed by atoms with E-state index in [9.17, 15) is 13.2 Å². The van der Waals surface area contributed by atoms with E-state index in [1.807, 2.05) is 6.92 Å². The molecule has 2 saturated carbocycles. The zero-order chi connectivity index (χ0) is 21.8. The van der Waals surface area contributed by atoms with Crippen LogP contribution in [0.15, 0.2) is 29.2 Å². The van der Waals surface area contributed by atoms with Crippen molar-refractivity contribution in [2.45, 2.75) is 88.1 Å². The summed E-state index contributed by atoms with van der Waals surface area (Å²) in [5.74, 6) is 0.912. The van der Waals surface area contributed by atoms with Crippen LogP contribution in [-0.2, 0) is 14.8 Å². The second-order valence-electron chi connectivity index (χ2n) is 9.20. The van der Waals surface area contributed by atoms with Gasteiger partial charge in [-0.1, -0.05) is 25.7 Å². The van der Waals surface area contributed by atoms with Crippen LogP contribution in [0.1, 0.15) is 71.1 Å². The van der Waals surface area contributed by atoms with Crippen molar-refractivity contribution < 1.29 is 17.9 Å². The molecule has 1 heterocycles. The summed E-state index contributed by atoms with van der Waals surface area (Å²) < 4.78 is 33.1. The summed E-state index contributed by atoms with van der Waals surface area (Å²) in [6.07, 6.45) is 10.6. The van der Waals surface area contributed by atoms with E-state index < -0.39 is 10.0 Å². The van der Waals surface area contributed by atoms with Crippen molar-refractivity contribution in [3.05, 3.63) is 24.3 Å². The fraction of sp³-hybridized carbons (Fsp3) is 0.708. The van der Waals surface area contributed by atoms with Crippen LogP contribution < -0.4 is 4.74 Å². The fourth-order valence-corrected chi connectivity index (χ4v) is 7.07. The Morgan fingerprint density at radius 1 is 0.935 bits per heavy atom. The number of amides is 1. The van der Waals surface area contributed by atoms with Gasteiger partial charge in [0.2, 0.25) is 15.9 Å². The fourth-order valence-electron chi connectivity index (χ4n) is 5.60. The molecule has 0 spiro atoms. The van der Waals surface area contributed by atoms with Gasteiger partial charge in [-0.05, 0) is 69.7 Å². The number of hydrogen-bond donors (Lipinski definition) is 0. The molecule has 0 N–H and O–H groups in total. The molecule has 0 unspecified atom stereocenters. The van der Waals surface area contributed by atoms with Gasteiger partial charge in [0.15, 0.2) is 0 Å². The van der Waals surface area contributed by atoms with Crippen molar-refractivity contribution in [3.8, 4) is 5.75 Å². The van der Waals surface area contributed by atoms with Gasteiger partial charge in [0.1, 0.15) is 5.75 Å². The smallest absolute Gasteiger partial charge is 0.243 e. The standard InChI is InChI=1S/C24H36N2O4S/c1-2-30-22-11-13-23(14-12-22)31(28,29)25-17-15-19(16-18-25)24(27)26(20-7-3-4-8-20)21-9-5-6-10-21/h11-14,19-21H,2-10,15-18H2,1H3. The number of carbonyl (C=O) groups is 1. The molecule has 0 radical (unpaired) electrons. The largest absolute Gasteiger partial charge is 0.494 e. The van der Waals surface area contributed by atoms with Gasteiger partial charge in [0, 0.05) is 31.1 Å². The second kappa shape index (κ2) is 9.90. The molecule has 3 aliphatic rings. The lowest BCUT2D eigenvalue weighted by Crippen LogP contribution is -2.50. The van der Waals surface area contributed by atoms with Crippen LogP contribution in [0.3, 0.4) is 0 Å². The minimum Gasteiger partial charge on any atom is -0.494 e. The molecular formula is C24H36N2O4S. The van der Waals surface area contributed by atoms with E-state index in [0.29, 0.717) is 55.3 Å². The number of ether oxygens (including phenoxy) is 1. The van der Waals surface area contributed by atoms with Crippen molar-refractivity contribution in [1.82, 2.24) is 9.21 Å². The molecule has 0 aromatic heterocycles. The molecule has 4 rings (SSSR count). The summed E-state index contributed by atoms with van der Waals surface area (Å²) in [6.45, 7) is 3.27. The van der Waals surface area contributed by atoms with Crippen LogP contribution in [0, 0.1) is 5.92 Å². The quantitative estimate of drug-likeness (QED) is 0.627. The predicted octanol–water partition coefficient (Wildman–Crippen LogP) is 4.20. The van der Waals surface area contributed by atoms with E-state index in [1.54, 1.807) is 28.6 Å². The van der Waals surface area contributed by atoms with E-state index in [0.717, 1.165) is 25.7 Å². The Morgan fingerprint density at radius 3 is 1.94 bits per heavy atom. The molecule has 172 valence electrons. The van der Waals surface area contributed by atoms with Crippen LogP contribution in [0.25, 0.3) is 0 Å². The molecule has 31 heavy (non-hydrogen) atoms. The number of nitrogens with zero attached hydrogens (tertiary/aromatic N) is 2. The number of carbonyl (C=O) groups excluding carboxylic acids is 1. The third-order valence-corrected chi connectivity index (χ3v) is 9.18. The van der Waals surface area contributed by atoms with Gasteiger partial charge in [-0.3, -0.25) is 4.79 Å². The topological polar surface area (TPSA) is 66.9 Å². The SMILES string of the molecule is CCOc1ccc(S(=O)(=O)N2CCC(C(=O)N(C3CCCC3)C3CCCC3)CC2)cc1. The third kappa shape index (κ3) is 4.92. The first kappa shape index (κ1) is 22.6. The number of sulfonamides is 1. The number of piperidine rings is 1. The first-order chi connectivity index (χ1) is 15.0. The number of benzene rings is 1. The molecule has 0 atom stereocenters. The molecule has 3 fully saturated rings. The van der Waals surface area contributed by atoms with E-state index in [1.165, 1.54) is 25.7 Å². The molecule has 1 amide bonds. The van der Waals surface area contributed by atoms with Gasteiger partial charge in [-0.25, -0.2) is 8.42 Å². The van der Waals surface area contributed by atoms with Gasteiger partial charge in [0.25, 0.3) is 0 Å². The predicted molar refractivity (Wildman–Crippen MR) is 120 cm³/mol. The molecule has 1 saturated heterocycles. The highest BCUT2D eigenvalue weighted by Crippen LogP contribution is 2.35. The molecular weight excluding hydrogens is 412 g/mol. The Balaban J connectivity index is 1.40. The van der Waals surface area contributed by atoms with E-state index >= 15 is 0 Å². The molecule has 7 heteroatoms. The number of rotatable bonds is 7. The zero-order valence-electron chi connectivity index (χ0n) is 18.7. The molecule has 1 aliphatic heterocycles. The first-order valence-electron chi connectivity index (χ1n) is 12.1. The molecule has 1 aromatic carbocycles. The highest BCUT2D eigenvalue weighted by molar-refractivity contribution is 7.89. The summed E-state index contributed by atoms with van der Waals surface area (Å²) >= 11 is 0. The third-order valence-electron chi connectivity index (χ3n) is 7.27. The Hall–Kier alpha value is -1.60. The monoisotopic (exact) mass is 448 g/mol. The highest BCUT2D eigenvalue weighted by Gasteiger charge is 2.39. The van der Waals surface area contributed by atoms with Gasteiger partial charge in [-0.15, -0.1) is 0 Å². The summed E-state index contributed by atoms with van der Waals surface area (Å²) in [6, 6.07) is 7.43. The summed E-state index contributed by atoms with van der Waals surface area (Å²) in [5, 5.41) is 0. The summed E-state index contributed by atoms with van der Waals surface area (Å²) in [4.78, 5) is 16.1. The van der Waals surface area contributed by atoms with E-state index in [4.69, 9.17) is 4.74 Å². The zero-order valence-corrected chi connectivity index (χ0v) is 19.5. The molecule has 6 nitrogen and oxygen atoms in total. The Morgan fingerprint density at radius 2 is 1.45 bits per heavy atom. The lowest BCUT2D eigenvalue weighted by atomic mass is 9.94. The van der Waals surface area contributed by atoms with Gasteiger partial charge in [-0.2, -0.15) is 4.31 Å². The Bertz CT molecular complexity index is 819. The van der Waals surface area contributed by atoms with Crippen LogP contribution >= 0.6 is 0 Å². The van der Waals surface area contributed by atoms with Crippen molar-refractivity contribution in [2.75, 3.05) is 19.7 Å². The summed E-state index contributed by atoms with van der Waals surface area (Å²) in [7, 11) is -3.54. The maximum absolute atomic E-state index is 13.5. The van der Waals surface area contributed by atoms with Crippen molar-refractivity contribution in [3.63, 3.8) is 0 Å². The van der Waals surface area contributed by atoms with Crippen molar-refractivity contribution in [1.29, 1.82) is 0 Å². The Kier molecular flexibility index (Phi) is 7.22. The average Bonchev–Trinajstić information content (AvgIpc) is 3.50. The number of hydrogen-bond acceptors (Lipinski definition) is 4. The maximum Gasteiger partial charge on any atom is 0.243 e. The Labute approximate surface area is 187 Å². The molecule has 2 aliphatic carbocycles. The lowest BCUT2D eigenvalue weighted by Gasteiger charge is -2.39. The first-order valence-corrected chi connectivity index (χ1v) is 13.5. The van der Waals surface area contributed by atoms with Gasteiger partial charge >= 0.3 is 0 Å². The van der Waals surface area contributed by atoms with Crippen LogP contribution in [0.4, 0.5) is 0 Å². The second-order valence-corrected chi connectivity index (χ2v) is 11.1. The lowest BCUT2D eigenvalue weighted by molar-refractivity contribution is -0.141. The highest BCUT2D eigenvalue weighted by atomic mass is 32.2. The van der Waals surface area contributed by atoms with Gasteiger partial charge in [0.05, 0.1) is 11.5 Å². The molecule has 0 bridgehead atoms. The van der Waals surface area contributed by atoms with Crippen LogP contribution in [-0.4, -0.2) is 55.3 Å². The van der Waals surface area contributed by atoms with Crippen molar-refractivity contribution in [2.24, 2.45) is 5.92 Å². The van der Waals surface area contributed by atoms with Gasteiger partial charge < -0.3 is 9.64 Å². The van der Waals surface area contributed by atoms with E-state index in [2.05, 4.69) is 4.90 Å². The maximum atomic E-state index is 13.5. The van der Waals surface area contributed by atoms with Crippen molar-refractivity contribution >= 4 is 15.9 Å². The minimum atomic E-state index is -3.54. The van der Waals surface area contributed by atoms with Crippen LogP contribution in [0.5, 0.6) is 5.75 Å². The summed E-state index contributed by atoms with van der Waals surface area (Å²) in [5.41, 5.74) is 0. The van der Waals surface area contributed by atoms with E-state index in [-0.39, 0.29) is 11.8 Å². The minimum absolute atomic E-state index is 0.0482.